The highest BCUT2D eigenvalue weighted by molar-refractivity contribution is 7.09. The van der Waals surface area contributed by atoms with Gasteiger partial charge in [-0.1, -0.05) is 6.92 Å². The number of piperidine rings is 1. The molecule has 0 atom stereocenters. The zero-order valence-corrected chi connectivity index (χ0v) is 11.0. The summed E-state index contributed by atoms with van der Waals surface area (Å²) in [6.07, 6.45) is 3.22. The van der Waals surface area contributed by atoms with Crippen LogP contribution < -0.4 is 5.73 Å². The molecule has 1 fully saturated rings. The third kappa shape index (κ3) is 3.26. The molecule has 4 nitrogen and oxygen atoms in total. The molecule has 0 aliphatic carbocycles. The molecule has 0 aromatic carbocycles. The molecule has 2 N–H and O–H groups in total. The molecule has 0 bridgehead atoms. The van der Waals surface area contributed by atoms with Crippen LogP contribution in [0.15, 0.2) is 5.38 Å². The molecule has 1 aromatic rings. The average Bonchev–Trinajstić information content (AvgIpc) is 2.77. The van der Waals surface area contributed by atoms with Crippen molar-refractivity contribution in [2.75, 3.05) is 13.1 Å². The van der Waals surface area contributed by atoms with Crippen molar-refractivity contribution in [2.24, 2.45) is 5.73 Å². The molecule has 0 radical (unpaired) electrons. The predicted octanol–water partition coefficient (Wildman–Crippen LogP) is 1.20. The molecule has 0 saturated carbocycles. The van der Waals surface area contributed by atoms with Crippen LogP contribution in [-0.2, 0) is 17.6 Å². The monoisotopic (exact) mass is 253 g/mol. The lowest BCUT2D eigenvalue weighted by Gasteiger charge is -2.30. The molecule has 1 aliphatic rings. The summed E-state index contributed by atoms with van der Waals surface area (Å²) in [4.78, 5) is 18.4. The van der Waals surface area contributed by atoms with Crippen molar-refractivity contribution >= 4 is 17.2 Å². The lowest BCUT2D eigenvalue weighted by molar-refractivity contribution is -0.131. The Kier molecular flexibility index (Phi) is 4.12. The van der Waals surface area contributed by atoms with Gasteiger partial charge in [0.15, 0.2) is 0 Å². The molecule has 2 rings (SSSR count). The van der Waals surface area contributed by atoms with Gasteiger partial charge in [-0.05, 0) is 19.3 Å². The van der Waals surface area contributed by atoms with Crippen molar-refractivity contribution in [1.82, 2.24) is 9.88 Å². The van der Waals surface area contributed by atoms with Gasteiger partial charge in [-0.2, -0.15) is 0 Å². The third-order valence-corrected chi connectivity index (χ3v) is 4.17. The summed E-state index contributed by atoms with van der Waals surface area (Å²) >= 11 is 1.64. The summed E-state index contributed by atoms with van der Waals surface area (Å²) in [6.45, 7) is 3.67. The minimum Gasteiger partial charge on any atom is -0.342 e. The van der Waals surface area contributed by atoms with Crippen LogP contribution in [0.5, 0.6) is 0 Å². The van der Waals surface area contributed by atoms with E-state index in [4.69, 9.17) is 5.73 Å². The van der Waals surface area contributed by atoms with E-state index in [-0.39, 0.29) is 11.9 Å². The quantitative estimate of drug-likeness (QED) is 0.880. The predicted molar refractivity (Wildman–Crippen MR) is 69.0 cm³/mol. The summed E-state index contributed by atoms with van der Waals surface area (Å²) in [5.74, 6) is 0.185. The van der Waals surface area contributed by atoms with E-state index in [1.165, 1.54) is 0 Å². The maximum Gasteiger partial charge on any atom is 0.228 e. The van der Waals surface area contributed by atoms with Gasteiger partial charge in [0, 0.05) is 24.5 Å². The van der Waals surface area contributed by atoms with Crippen molar-refractivity contribution < 1.29 is 4.79 Å². The zero-order chi connectivity index (χ0) is 12.3. The number of carbonyl (C=O) groups is 1. The fourth-order valence-electron chi connectivity index (χ4n) is 2.01. The van der Waals surface area contributed by atoms with Gasteiger partial charge in [-0.3, -0.25) is 4.79 Å². The van der Waals surface area contributed by atoms with E-state index in [0.717, 1.165) is 43.1 Å². The van der Waals surface area contributed by atoms with E-state index in [9.17, 15) is 4.79 Å². The second kappa shape index (κ2) is 5.60. The maximum atomic E-state index is 12.0. The number of likely N-dealkylation sites (tertiary alicyclic amines) is 1. The van der Waals surface area contributed by atoms with Gasteiger partial charge >= 0.3 is 0 Å². The summed E-state index contributed by atoms with van der Waals surface area (Å²) in [7, 11) is 0. The molecule has 1 saturated heterocycles. The molecule has 2 heterocycles. The number of amides is 1. The minimum atomic E-state index is 0.185. The van der Waals surface area contributed by atoms with E-state index in [2.05, 4.69) is 11.9 Å². The van der Waals surface area contributed by atoms with Crippen LogP contribution in [0.2, 0.25) is 0 Å². The molecule has 0 spiro atoms. The Hall–Kier alpha value is -0.940. The number of thiazole rings is 1. The topological polar surface area (TPSA) is 59.2 Å². The number of nitrogens with two attached hydrogens (primary N) is 1. The van der Waals surface area contributed by atoms with Gasteiger partial charge in [0.25, 0.3) is 0 Å². The fourth-order valence-corrected chi connectivity index (χ4v) is 2.75. The SMILES string of the molecule is CCc1nc(CC(=O)N2CCC(N)CC2)cs1. The second-order valence-electron chi connectivity index (χ2n) is 4.48. The van der Waals surface area contributed by atoms with Crippen LogP contribution in [-0.4, -0.2) is 34.9 Å². The highest BCUT2D eigenvalue weighted by atomic mass is 32.1. The van der Waals surface area contributed by atoms with Crippen molar-refractivity contribution in [3.05, 3.63) is 16.1 Å². The van der Waals surface area contributed by atoms with E-state index in [0.29, 0.717) is 6.42 Å². The highest BCUT2D eigenvalue weighted by Crippen LogP contribution is 2.14. The Morgan fingerprint density at radius 2 is 2.29 bits per heavy atom. The number of hydrogen-bond acceptors (Lipinski definition) is 4. The molecule has 94 valence electrons. The molecule has 1 aliphatic heterocycles. The van der Waals surface area contributed by atoms with Gasteiger partial charge in [0.1, 0.15) is 0 Å². The van der Waals surface area contributed by atoms with Gasteiger partial charge in [0.05, 0.1) is 17.1 Å². The number of carbonyl (C=O) groups excluding carboxylic acids is 1. The number of aryl methyl sites for hydroxylation is 1. The Balaban J connectivity index is 1.88. The first-order valence-electron chi connectivity index (χ1n) is 6.15. The van der Waals surface area contributed by atoms with Crippen LogP contribution >= 0.6 is 11.3 Å². The molecular weight excluding hydrogens is 234 g/mol. The van der Waals surface area contributed by atoms with E-state index in [1.807, 2.05) is 10.3 Å². The smallest absolute Gasteiger partial charge is 0.228 e. The Bertz CT molecular complexity index is 383. The van der Waals surface area contributed by atoms with Crippen molar-refractivity contribution in [3.8, 4) is 0 Å². The number of nitrogens with zero attached hydrogens (tertiary/aromatic N) is 2. The molecule has 5 heteroatoms. The first-order chi connectivity index (χ1) is 8.19. The molecule has 1 amide bonds. The van der Waals surface area contributed by atoms with Crippen molar-refractivity contribution in [3.63, 3.8) is 0 Å². The van der Waals surface area contributed by atoms with Crippen molar-refractivity contribution in [1.29, 1.82) is 0 Å². The summed E-state index contributed by atoms with van der Waals surface area (Å²) in [5.41, 5.74) is 6.73. The molecule has 1 aromatic heterocycles. The summed E-state index contributed by atoms with van der Waals surface area (Å²) in [6, 6.07) is 0.269. The van der Waals surface area contributed by atoms with Gasteiger partial charge in [0.2, 0.25) is 5.91 Å². The molecule has 17 heavy (non-hydrogen) atoms. The lowest BCUT2D eigenvalue weighted by Crippen LogP contribution is -2.43. The summed E-state index contributed by atoms with van der Waals surface area (Å²) < 4.78 is 0. The normalized spacial score (nSPS) is 17.4. The van der Waals surface area contributed by atoms with Crippen LogP contribution in [0.1, 0.15) is 30.5 Å². The largest absolute Gasteiger partial charge is 0.342 e. The molecular formula is C12H19N3OS. The number of aromatic nitrogens is 1. The standard InChI is InChI=1S/C12H19N3OS/c1-2-11-14-10(8-17-11)7-12(16)15-5-3-9(13)4-6-15/h8-9H,2-7,13H2,1H3. The number of rotatable bonds is 3. The lowest BCUT2D eigenvalue weighted by atomic mass is 10.1. The van der Waals surface area contributed by atoms with Gasteiger partial charge < -0.3 is 10.6 Å². The average molecular weight is 253 g/mol. The summed E-state index contributed by atoms with van der Waals surface area (Å²) in [5, 5.41) is 3.10. The number of hydrogen-bond donors (Lipinski definition) is 1. The first-order valence-corrected chi connectivity index (χ1v) is 7.03. The van der Waals surface area contributed by atoms with E-state index >= 15 is 0 Å². The molecule has 0 unspecified atom stereocenters. The van der Waals surface area contributed by atoms with Gasteiger partial charge in [-0.25, -0.2) is 4.98 Å². The van der Waals surface area contributed by atoms with E-state index in [1.54, 1.807) is 11.3 Å². The van der Waals surface area contributed by atoms with Crippen LogP contribution in [0, 0.1) is 0 Å². The van der Waals surface area contributed by atoms with Crippen LogP contribution in [0.3, 0.4) is 0 Å². The third-order valence-electron chi connectivity index (χ3n) is 3.13. The highest BCUT2D eigenvalue weighted by Gasteiger charge is 2.21. The Labute approximate surface area is 106 Å². The van der Waals surface area contributed by atoms with Gasteiger partial charge in [-0.15, -0.1) is 11.3 Å². The van der Waals surface area contributed by atoms with Crippen molar-refractivity contribution in [2.45, 2.75) is 38.6 Å². The van der Waals surface area contributed by atoms with E-state index < -0.39 is 0 Å². The first kappa shape index (κ1) is 12.5. The second-order valence-corrected chi connectivity index (χ2v) is 5.42. The maximum absolute atomic E-state index is 12.0. The van der Waals surface area contributed by atoms with Crippen LogP contribution in [0.25, 0.3) is 0 Å². The Morgan fingerprint density at radius 3 is 2.88 bits per heavy atom. The zero-order valence-electron chi connectivity index (χ0n) is 10.2. The Morgan fingerprint density at radius 1 is 1.59 bits per heavy atom. The fraction of sp³-hybridized carbons (Fsp3) is 0.667. The minimum absolute atomic E-state index is 0.185. The van der Waals surface area contributed by atoms with Crippen LogP contribution in [0.4, 0.5) is 0 Å².